The van der Waals surface area contributed by atoms with Crippen molar-refractivity contribution >= 4 is 11.3 Å². The van der Waals surface area contributed by atoms with Gasteiger partial charge in [0.05, 0.1) is 10.7 Å². The molecule has 5 heteroatoms. The maximum atomic E-state index is 4.59. The average molecular weight is 292 g/mol. The molecular formula is C15H24N4S. The number of aryl methyl sites for hydroxylation is 3. The molecule has 1 atom stereocenters. The first-order chi connectivity index (χ1) is 9.69. The summed E-state index contributed by atoms with van der Waals surface area (Å²) in [5.74, 6) is 1.09. The van der Waals surface area contributed by atoms with Crippen molar-refractivity contribution in [3.63, 3.8) is 0 Å². The van der Waals surface area contributed by atoms with Crippen LogP contribution in [0.5, 0.6) is 0 Å². The summed E-state index contributed by atoms with van der Waals surface area (Å²) in [6, 6.07) is 0.515. The Kier molecular flexibility index (Phi) is 5.73. The van der Waals surface area contributed by atoms with E-state index in [-0.39, 0.29) is 0 Å². The fourth-order valence-electron chi connectivity index (χ4n) is 2.15. The lowest BCUT2D eigenvalue weighted by Crippen LogP contribution is -2.29. The Morgan fingerprint density at radius 2 is 2.30 bits per heavy atom. The van der Waals surface area contributed by atoms with E-state index >= 15 is 0 Å². The van der Waals surface area contributed by atoms with E-state index in [1.54, 1.807) is 11.3 Å². The summed E-state index contributed by atoms with van der Waals surface area (Å²) in [6.07, 6.45) is 7.09. The van der Waals surface area contributed by atoms with Gasteiger partial charge in [0.25, 0.3) is 0 Å². The Bertz CT molecular complexity index is 517. The van der Waals surface area contributed by atoms with Crippen LogP contribution in [0.15, 0.2) is 17.8 Å². The summed E-state index contributed by atoms with van der Waals surface area (Å²) in [7, 11) is 0. The van der Waals surface area contributed by atoms with E-state index in [9.17, 15) is 0 Å². The molecule has 2 heterocycles. The van der Waals surface area contributed by atoms with E-state index < -0.39 is 0 Å². The molecule has 0 bridgehead atoms. The van der Waals surface area contributed by atoms with Crippen LogP contribution < -0.4 is 5.32 Å². The zero-order valence-electron chi connectivity index (χ0n) is 12.6. The molecule has 0 aliphatic rings. The minimum Gasteiger partial charge on any atom is -0.335 e. The normalized spacial score (nSPS) is 12.8. The highest BCUT2D eigenvalue weighted by atomic mass is 32.1. The highest BCUT2D eigenvalue weighted by Gasteiger charge is 2.04. The summed E-state index contributed by atoms with van der Waals surface area (Å²) in [4.78, 5) is 8.83. The summed E-state index contributed by atoms with van der Waals surface area (Å²) < 4.78 is 2.20. The number of imidazole rings is 1. The molecule has 0 spiro atoms. The van der Waals surface area contributed by atoms with Gasteiger partial charge in [-0.15, -0.1) is 11.3 Å². The molecule has 2 aromatic rings. The first-order valence-corrected chi connectivity index (χ1v) is 8.21. The second-order valence-corrected chi connectivity index (χ2v) is 6.09. The predicted molar refractivity (Wildman–Crippen MR) is 84.2 cm³/mol. The monoisotopic (exact) mass is 292 g/mol. The van der Waals surface area contributed by atoms with E-state index in [1.165, 1.54) is 10.7 Å². The minimum atomic E-state index is 0.515. The summed E-state index contributed by atoms with van der Waals surface area (Å²) in [5.41, 5.74) is 1.22. The lowest BCUT2D eigenvalue weighted by Gasteiger charge is -2.14. The van der Waals surface area contributed by atoms with Crippen molar-refractivity contribution in [2.45, 2.75) is 52.6 Å². The Balaban J connectivity index is 1.65. The average Bonchev–Trinajstić information content (AvgIpc) is 3.05. The molecule has 0 aliphatic heterocycles. The molecule has 0 aliphatic carbocycles. The van der Waals surface area contributed by atoms with Crippen molar-refractivity contribution in [1.29, 1.82) is 0 Å². The van der Waals surface area contributed by atoms with Crippen molar-refractivity contribution in [3.05, 3.63) is 34.3 Å². The van der Waals surface area contributed by atoms with E-state index in [4.69, 9.17) is 0 Å². The number of aromatic nitrogens is 3. The van der Waals surface area contributed by atoms with Gasteiger partial charge in [0, 0.05) is 43.3 Å². The lowest BCUT2D eigenvalue weighted by atomic mass is 10.2. The highest BCUT2D eigenvalue weighted by Crippen LogP contribution is 2.10. The van der Waals surface area contributed by atoms with Crippen LogP contribution in [0.4, 0.5) is 0 Å². The van der Waals surface area contributed by atoms with Gasteiger partial charge in [-0.3, -0.25) is 0 Å². The molecule has 2 aromatic heterocycles. The SMILES string of the molecule is CCc1nc(CCN[C@@H](C)CCn2ccnc2C)cs1. The van der Waals surface area contributed by atoms with Gasteiger partial charge in [-0.05, 0) is 26.7 Å². The van der Waals surface area contributed by atoms with Gasteiger partial charge < -0.3 is 9.88 Å². The molecule has 0 aromatic carbocycles. The number of hydrogen-bond acceptors (Lipinski definition) is 4. The van der Waals surface area contributed by atoms with Crippen LogP contribution in [0.1, 0.15) is 36.8 Å². The zero-order valence-corrected chi connectivity index (χ0v) is 13.4. The largest absolute Gasteiger partial charge is 0.335 e. The van der Waals surface area contributed by atoms with Crippen molar-refractivity contribution in [1.82, 2.24) is 19.9 Å². The topological polar surface area (TPSA) is 42.7 Å². The fourth-order valence-corrected chi connectivity index (χ4v) is 2.93. The van der Waals surface area contributed by atoms with E-state index in [0.29, 0.717) is 6.04 Å². The number of nitrogens with zero attached hydrogens (tertiary/aromatic N) is 3. The molecule has 0 unspecified atom stereocenters. The van der Waals surface area contributed by atoms with Crippen LogP contribution >= 0.6 is 11.3 Å². The molecular weight excluding hydrogens is 268 g/mol. The van der Waals surface area contributed by atoms with Crippen molar-refractivity contribution < 1.29 is 0 Å². The molecule has 110 valence electrons. The Morgan fingerprint density at radius 3 is 2.95 bits per heavy atom. The summed E-state index contributed by atoms with van der Waals surface area (Å²) >= 11 is 1.77. The van der Waals surface area contributed by atoms with Crippen LogP contribution in [-0.4, -0.2) is 27.1 Å². The van der Waals surface area contributed by atoms with Crippen molar-refractivity contribution in [2.24, 2.45) is 0 Å². The zero-order chi connectivity index (χ0) is 14.4. The van der Waals surface area contributed by atoms with Crippen LogP contribution in [0.3, 0.4) is 0 Å². The van der Waals surface area contributed by atoms with Crippen LogP contribution in [0.2, 0.25) is 0 Å². The maximum absolute atomic E-state index is 4.59. The number of rotatable bonds is 8. The van der Waals surface area contributed by atoms with Crippen LogP contribution in [0.25, 0.3) is 0 Å². The molecule has 0 saturated carbocycles. The lowest BCUT2D eigenvalue weighted by molar-refractivity contribution is 0.474. The second-order valence-electron chi connectivity index (χ2n) is 5.15. The Hall–Kier alpha value is -1.20. The summed E-state index contributed by atoms with van der Waals surface area (Å²) in [6.45, 7) is 8.46. The third kappa shape index (κ3) is 4.42. The van der Waals surface area contributed by atoms with Gasteiger partial charge in [0.15, 0.2) is 0 Å². The number of hydrogen-bond donors (Lipinski definition) is 1. The molecule has 0 radical (unpaired) electrons. The molecule has 1 N–H and O–H groups in total. The minimum absolute atomic E-state index is 0.515. The van der Waals surface area contributed by atoms with Crippen LogP contribution in [0, 0.1) is 6.92 Å². The van der Waals surface area contributed by atoms with Gasteiger partial charge in [-0.2, -0.15) is 0 Å². The molecule has 0 amide bonds. The van der Waals surface area contributed by atoms with Gasteiger partial charge >= 0.3 is 0 Å². The fraction of sp³-hybridized carbons (Fsp3) is 0.600. The highest BCUT2D eigenvalue weighted by molar-refractivity contribution is 7.09. The molecule has 0 fully saturated rings. The molecule has 0 saturated heterocycles. The Labute approximate surface area is 125 Å². The van der Waals surface area contributed by atoms with E-state index in [1.807, 2.05) is 19.3 Å². The standard InChI is InChI=1S/C15H24N4S/c1-4-15-18-14(11-20-15)5-7-16-12(2)6-9-19-10-8-17-13(19)3/h8,10-12,16H,4-7,9H2,1-3H3/t12-/m0/s1. The van der Waals surface area contributed by atoms with Gasteiger partial charge in [0.1, 0.15) is 5.82 Å². The van der Waals surface area contributed by atoms with Crippen molar-refractivity contribution in [2.75, 3.05) is 6.54 Å². The molecule has 2 rings (SSSR count). The van der Waals surface area contributed by atoms with Gasteiger partial charge in [-0.25, -0.2) is 9.97 Å². The maximum Gasteiger partial charge on any atom is 0.105 e. The number of nitrogens with one attached hydrogen (secondary N) is 1. The quantitative estimate of drug-likeness (QED) is 0.813. The third-order valence-electron chi connectivity index (χ3n) is 3.50. The second kappa shape index (κ2) is 7.55. The van der Waals surface area contributed by atoms with E-state index in [0.717, 1.165) is 38.2 Å². The van der Waals surface area contributed by atoms with E-state index in [2.05, 4.69) is 39.1 Å². The first kappa shape index (κ1) is 15.2. The smallest absolute Gasteiger partial charge is 0.105 e. The third-order valence-corrected chi connectivity index (χ3v) is 4.54. The number of thiazole rings is 1. The predicted octanol–water partition coefficient (Wildman–Crippen LogP) is 2.82. The Morgan fingerprint density at radius 1 is 1.45 bits per heavy atom. The van der Waals surface area contributed by atoms with Crippen molar-refractivity contribution in [3.8, 4) is 0 Å². The van der Waals surface area contributed by atoms with Gasteiger partial charge in [0.2, 0.25) is 0 Å². The van der Waals surface area contributed by atoms with Crippen LogP contribution in [-0.2, 0) is 19.4 Å². The summed E-state index contributed by atoms with van der Waals surface area (Å²) in [5, 5.41) is 6.99. The molecule has 4 nitrogen and oxygen atoms in total. The van der Waals surface area contributed by atoms with Gasteiger partial charge in [-0.1, -0.05) is 6.92 Å². The molecule has 20 heavy (non-hydrogen) atoms. The first-order valence-electron chi connectivity index (χ1n) is 7.33.